The zero-order chi connectivity index (χ0) is 14.6. The molecule has 19 heavy (non-hydrogen) atoms. The lowest BCUT2D eigenvalue weighted by molar-refractivity contribution is -0.119. The van der Waals surface area contributed by atoms with Crippen LogP contribution >= 0.6 is 0 Å². The van der Waals surface area contributed by atoms with Crippen LogP contribution in [0.5, 0.6) is 0 Å². The molecule has 1 unspecified atom stereocenters. The van der Waals surface area contributed by atoms with Crippen molar-refractivity contribution in [2.45, 2.75) is 26.9 Å². The highest BCUT2D eigenvalue weighted by atomic mass is 19.1. The number of amides is 1. The number of halogens is 2. The predicted octanol–water partition coefficient (Wildman–Crippen LogP) is 1.95. The van der Waals surface area contributed by atoms with E-state index in [1.807, 2.05) is 0 Å². The van der Waals surface area contributed by atoms with Crippen LogP contribution in [0.25, 0.3) is 0 Å². The van der Waals surface area contributed by atoms with Gasteiger partial charge < -0.3 is 10.1 Å². The molecule has 1 aromatic carbocycles. The molecule has 0 heterocycles. The molecular formula is C13H15F2NO3. The molecule has 0 saturated heterocycles. The summed E-state index contributed by atoms with van der Waals surface area (Å²) < 4.78 is 31.7. The fourth-order valence-electron chi connectivity index (χ4n) is 1.38. The molecule has 4 nitrogen and oxygen atoms in total. The third kappa shape index (κ3) is 4.31. The Morgan fingerprint density at radius 3 is 2.53 bits per heavy atom. The van der Waals surface area contributed by atoms with Gasteiger partial charge in [0.15, 0.2) is 0 Å². The zero-order valence-corrected chi connectivity index (χ0v) is 10.9. The van der Waals surface area contributed by atoms with E-state index in [2.05, 4.69) is 5.32 Å². The number of hydrogen-bond donors (Lipinski definition) is 1. The van der Waals surface area contributed by atoms with Gasteiger partial charge in [-0.25, -0.2) is 13.6 Å². The Morgan fingerprint density at radius 1 is 1.32 bits per heavy atom. The molecular weight excluding hydrogens is 256 g/mol. The quantitative estimate of drug-likeness (QED) is 0.852. The van der Waals surface area contributed by atoms with Crippen LogP contribution in [0.1, 0.15) is 29.8 Å². The van der Waals surface area contributed by atoms with E-state index in [0.717, 1.165) is 12.1 Å². The fraction of sp³-hybridized carbons (Fsp3) is 0.385. The second-order valence-electron chi connectivity index (χ2n) is 4.23. The molecule has 1 atom stereocenters. The van der Waals surface area contributed by atoms with Crippen LogP contribution in [0.4, 0.5) is 8.78 Å². The van der Waals surface area contributed by atoms with Crippen molar-refractivity contribution in [3.8, 4) is 0 Å². The smallest absolute Gasteiger partial charge is 0.341 e. The molecule has 1 amide bonds. The van der Waals surface area contributed by atoms with Crippen molar-refractivity contribution < 1.29 is 23.1 Å². The topological polar surface area (TPSA) is 55.4 Å². The van der Waals surface area contributed by atoms with Crippen LogP contribution in [-0.4, -0.2) is 24.5 Å². The van der Waals surface area contributed by atoms with Crippen molar-refractivity contribution in [1.29, 1.82) is 0 Å². The Hall–Kier alpha value is -1.98. The van der Waals surface area contributed by atoms with Gasteiger partial charge in [-0.1, -0.05) is 0 Å². The maximum Gasteiger partial charge on any atom is 0.341 e. The van der Waals surface area contributed by atoms with Gasteiger partial charge in [0.1, 0.15) is 17.7 Å². The van der Waals surface area contributed by atoms with E-state index < -0.39 is 29.3 Å². The largest absolute Gasteiger partial charge is 0.457 e. The summed E-state index contributed by atoms with van der Waals surface area (Å²) in [7, 11) is 0. The van der Waals surface area contributed by atoms with Gasteiger partial charge in [-0.05, 0) is 31.5 Å². The lowest BCUT2D eigenvalue weighted by Crippen LogP contribution is -2.31. The molecule has 1 N–H and O–H groups in total. The number of hydrogen-bond acceptors (Lipinski definition) is 3. The Labute approximate surface area is 109 Å². The summed E-state index contributed by atoms with van der Waals surface area (Å²) in [5, 5.41) is 2.45. The van der Waals surface area contributed by atoms with Crippen LogP contribution in [0.2, 0.25) is 0 Å². The molecule has 104 valence electrons. The maximum atomic E-state index is 13.5. The molecule has 0 bridgehead atoms. The molecule has 0 fully saturated rings. The molecule has 0 saturated carbocycles. The molecule has 6 heteroatoms. The lowest BCUT2D eigenvalue weighted by atomic mass is 10.1. The minimum atomic E-state index is -0.964. The van der Waals surface area contributed by atoms with Crippen molar-refractivity contribution in [1.82, 2.24) is 5.32 Å². The van der Waals surface area contributed by atoms with E-state index in [-0.39, 0.29) is 18.0 Å². The summed E-state index contributed by atoms with van der Waals surface area (Å²) in [5.41, 5.74) is -0.349. The van der Waals surface area contributed by atoms with Crippen molar-refractivity contribution in [3.05, 3.63) is 34.9 Å². The summed E-state index contributed by atoms with van der Waals surface area (Å²) in [6.07, 6.45) is -0.639. The number of ether oxygens (including phenoxy) is 1. The number of benzene rings is 1. The standard InChI is InChI=1S/C13H15F2NO3/c1-7-4-12(15)10(5-11(7)14)13(18)19-8(2)6-16-9(3)17/h4-5,8H,6H2,1-3H3,(H,16,17). The summed E-state index contributed by atoms with van der Waals surface area (Å²) in [6.45, 7) is 4.36. The van der Waals surface area contributed by atoms with Crippen molar-refractivity contribution in [2.75, 3.05) is 6.54 Å². The maximum absolute atomic E-state index is 13.5. The van der Waals surface area contributed by atoms with E-state index in [4.69, 9.17) is 4.74 Å². The molecule has 1 aromatic rings. The van der Waals surface area contributed by atoms with Gasteiger partial charge in [-0.2, -0.15) is 0 Å². The molecule has 0 aliphatic heterocycles. The first-order valence-corrected chi connectivity index (χ1v) is 5.72. The molecule has 1 rings (SSSR count). The average molecular weight is 271 g/mol. The zero-order valence-electron chi connectivity index (χ0n) is 10.9. The van der Waals surface area contributed by atoms with Gasteiger partial charge in [-0.3, -0.25) is 4.79 Å². The summed E-state index contributed by atoms with van der Waals surface area (Å²) >= 11 is 0. The summed E-state index contributed by atoms with van der Waals surface area (Å²) in [6, 6.07) is 1.74. The highest BCUT2D eigenvalue weighted by Gasteiger charge is 2.18. The van der Waals surface area contributed by atoms with Gasteiger partial charge in [-0.15, -0.1) is 0 Å². The minimum absolute atomic E-state index is 0.108. The first kappa shape index (κ1) is 15.1. The first-order valence-electron chi connectivity index (χ1n) is 5.72. The Kier molecular flexibility index (Phi) is 4.97. The Morgan fingerprint density at radius 2 is 1.95 bits per heavy atom. The van der Waals surface area contributed by atoms with Crippen LogP contribution in [0.15, 0.2) is 12.1 Å². The second-order valence-corrected chi connectivity index (χ2v) is 4.23. The van der Waals surface area contributed by atoms with Crippen molar-refractivity contribution in [3.63, 3.8) is 0 Å². The van der Waals surface area contributed by atoms with Crippen LogP contribution in [0.3, 0.4) is 0 Å². The molecule has 0 radical (unpaired) electrons. The molecule has 0 spiro atoms. The number of nitrogens with one attached hydrogen (secondary N) is 1. The van der Waals surface area contributed by atoms with Gasteiger partial charge in [0.05, 0.1) is 12.1 Å². The Balaban J connectivity index is 2.73. The van der Waals surface area contributed by atoms with Gasteiger partial charge >= 0.3 is 5.97 Å². The van der Waals surface area contributed by atoms with E-state index in [1.54, 1.807) is 0 Å². The van der Waals surface area contributed by atoms with E-state index in [1.165, 1.54) is 20.8 Å². The average Bonchev–Trinajstić information content (AvgIpc) is 2.31. The van der Waals surface area contributed by atoms with Crippen LogP contribution in [0, 0.1) is 18.6 Å². The normalized spacial score (nSPS) is 11.8. The van der Waals surface area contributed by atoms with Crippen molar-refractivity contribution >= 4 is 11.9 Å². The third-order valence-corrected chi connectivity index (χ3v) is 2.41. The minimum Gasteiger partial charge on any atom is -0.457 e. The van der Waals surface area contributed by atoms with Gasteiger partial charge in [0, 0.05) is 6.92 Å². The van der Waals surface area contributed by atoms with Gasteiger partial charge in [0.2, 0.25) is 5.91 Å². The number of rotatable bonds is 4. The number of carbonyl (C=O) groups is 2. The molecule has 0 aromatic heterocycles. The lowest BCUT2D eigenvalue weighted by Gasteiger charge is -2.14. The monoisotopic (exact) mass is 271 g/mol. The van der Waals surface area contributed by atoms with E-state index in [0.29, 0.717) is 0 Å². The number of carbonyl (C=O) groups excluding carboxylic acids is 2. The summed E-state index contributed by atoms with van der Waals surface area (Å²) in [5.74, 6) is -2.75. The fourth-order valence-corrected chi connectivity index (χ4v) is 1.38. The highest BCUT2D eigenvalue weighted by molar-refractivity contribution is 5.90. The van der Waals surface area contributed by atoms with Crippen LogP contribution < -0.4 is 5.32 Å². The van der Waals surface area contributed by atoms with E-state index >= 15 is 0 Å². The van der Waals surface area contributed by atoms with Crippen molar-refractivity contribution in [2.24, 2.45) is 0 Å². The van der Waals surface area contributed by atoms with Gasteiger partial charge in [0.25, 0.3) is 0 Å². The van der Waals surface area contributed by atoms with Crippen LogP contribution in [-0.2, 0) is 9.53 Å². The van der Waals surface area contributed by atoms with E-state index in [9.17, 15) is 18.4 Å². The SMILES string of the molecule is CC(=O)NCC(C)OC(=O)c1cc(F)c(C)cc1F. The molecule has 0 aliphatic carbocycles. The molecule has 0 aliphatic rings. The predicted molar refractivity (Wildman–Crippen MR) is 64.7 cm³/mol. The number of aryl methyl sites for hydroxylation is 1. The second kappa shape index (κ2) is 6.26. The first-order chi connectivity index (χ1) is 8.81. The highest BCUT2D eigenvalue weighted by Crippen LogP contribution is 2.15. The number of esters is 1. The summed E-state index contributed by atoms with van der Waals surface area (Å²) in [4.78, 5) is 22.3. The third-order valence-electron chi connectivity index (χ3n) is 2.41. The Bertz CT molecular complexity index is 503.